The highest BCUT2D eigenvalue weighted by molar-refractivity contribution is 7.80. The number of fused-ring (bicyclic) bond motifs is 1. The molecule has 3 heteroatoms. The van der Waals surface area contributed by atoms with E-state index < -0.39 is 0 Å². The first-order valence-electron chi connectivity index (χ1n) is 6.51. The summed E-state index contributed by atoms with van der Waals surface area (Å²) in [6.07, 6.45) is 0.900. The van der Waals surface area contributed by atoms with E-state index in [1.165, 1.54) is 11.3 Å². The molecular weight excluding hydrogens is 252 g/mol. The van der Waals surface area contributed by atoms with Crippen molar-refractivity contribution < 1.29 is 0 Å². The summed E-state index contributed by atoms with van der Waals surface area (Å²) >= 11 is 5.35. The molecule has 0 radical (unpaired) electrons. The smallest absolute Gasteiger partial charge is 0.0815 e. The molecule has 0 saturated carbocycles. The third-order valence-electron chi connectivity index (χ3n) is 3.34. The maximum absolute atomic E-state index is 5.35. The molecule has 19 heavy (non-hydrogen) atoms. The maximum atomic E-state index is 5.35. The topological polar surface area (TPSA) is 15.3 Å². The van der Waals surface area contributed by atoms with Crippen molar-refractivity contribution in [2.45, 2.75) is 13.0 Å². The van der Waals surface area contributed by atoms with Gasteiger partial charge in [0.2, 0.25) is 0 Å². The molecule has 96 valence electrons. The van der Waals surface area contributed by atoms with Gasteiger partial charge in [0.05, 0.1) is 16.4 Å². The Bertz CT molecular complexity index is 580. The van der Waals surface area contributed by atoms with E-state index in [4.69, 9.17) is 12.2 Å². The molecule has 2 aromatic rings. The van der Waals surface area contributed by atoms with Crippen LogP contribution in [-0.4, -0.2) is 11.5 Å². The molecule has 1 heterocycles. The van der Waals surface area contributed by atoms with Crippen molar-refractivity contribution in [3.05, 3.63) is 60.2 Å². The van der Waals surface area contributed by atoms with Crippen LogP contribution in [-0.2, 0) is 6.54 Å². The molecule has 0 saturated heterocycles. The Kier molecular flexibility index (Phi) is 3.47. The molecule has 0 amide bonds. The maximum Gasteiger partial charge on any atom is 0.0815 e. The molecule has 0 aliphatic carbocycles. The van der Waals surface area contributed by atoms with Crippen LogP contribution in [0.1, 0.15) is 12.0 Å². The molecule has 1 N–H and O–H groups in total. The molecule has 0 unspecified atom stereocenters. The summed E-state index contributed by atoms with van der Waals surface area (Å²) in [7, 11) is 0. The largest absolute Gasteiger partial charge is 0.365 e. The van der Waals surface area contributed by atoms with Crippen LogP contribution in [0.25, 0.3) is 0 Å². The zero-order valence-electron chi connectivity index (χ0n) is 10.7. The molecule has 0 aromatic heterocycles. The number of hydrogen-bond donors (Lipinski definition) is 1. The normalized spacial score (nSPS) is 14.5. The Hall–Kier alpha value is -1.87. The van der Waals surface area contributed by atoms with Crippen LogP contribution in [0.5, 0.6) is 0 Å². The van der Waals surface area contributed by atoms with Crippen LogP contribution in [0, 0.1) is 0 Å². The van der Waals surface area contributed by atoms with Gasteiger partial charge in [0.1, 0.15) is 0 Å². The van der Waals surface area contributed by atoms with E-state index in [0.29, 0.717) is 0 Å². The summed E-state index contributed by atoms with van der Waals surface area (Å²) in [5, 5.41) is 3.33. The molecule has 2 nitrogen and oxygen atoms in total. The van der Waals surface area contributed by atoms with Crippen LogP contribution >= 0.6 is 12.2 Å². The number of thiocarbonyl (C=S) groups is 1. The van der Waals surface area contributed by atoms with Gasteiger partial charge in [-0.1, -0.05) is 54.7 Å². The first-order chi connectivity index (χ1) is 9.33. The molecule has 0 spiro atoms. The number of para-hydroxylation sites is 2. The van der Waals surface area contributed by atoms with Crippen LogP contribution in [0.15, 0.2) is 54.6 Å². The third kappa shape index (κ3) is 2.76. The van der Waals surface area contributed by atoms with Gasteiger partial charge in [0.15, 0.2) is 0 Å². The van der Waals surface area contributed by atoms with E-state index in [2.05, 4.69) is 58.7 Å². The van der Waals surface area contributed by atoms with Crippen molar-refractivity contribution in [1.29, 1.82) is 0 Å². The second kappa shape index (κ2) is 5.41. The number of benzene rings is 2. The zero-order valence-corrected chi connectivity index (χ0v) is 11.5. The quantitative estimate of drug-likeness (QED) is 0.833. The molecule has 0 fully saturated rings. The monoisotopic (exact) mass is 268 g/mol. The molecular formula is C16H16N2S. The highest BCUT2D eigenvalue weighted by Gasteiger charge is 2.16. The van der Waals surface area contributed by atoms with Gasteiger partial charge < -0.3 is 10.2 Å². The highest BCUT2D eigenvalue weighted by atomic mass is 32.1. The number of nitrogens with zero attached hydrogens (tertiary/aromatic N) is 1. The van der Waals surface area contributed by atoms with Crippen molar-refractivity contribution in [3.8, 4) is 0 Å². The average Bonchev–Trinajstić information content (AvgIpc) is 2.60. The summed E-state index contributed by atoms with van der Waals surface area (Å²) in [6.45, 7) is 1.87. The lowest BCUT2D eigenvalue weighted by atomic mass is 10.2. The standard InChI is InChI=1S/C16H16N2S/c19-16-10-11-18(12-13-6-2-1-3-7-13)15-9-5-4-8-14(15)17-16/h1-9H,10-12H2,(H,17,19). The van der Waals surface area contributed by atoms with Crippen molar-refractivity contribution in [3.63, 3.8) is 0 Å². The molecule has 1 aliphatic heterocycles. The number of rotatable bonds is 2. The Labute approximate surface area is 119 Å². The van der Waals surface area contributed by atoms with E-state index >= 15 is 0 Å². The minimum Gasteiger partial charge on any atom is -0.365 e. The fraction of sp³-hybridized carbons (Fsp3) is 0.188. The second-order valence-electron chi connectivity index (χ2n) is 4.72. The first-order valence-corrected chi connectivity index (χ1v) is 6.91. The second-order valence-corrected chi connectivity index (χ2v) is 5.22. The van der Waals surface area contributed by atoms with Crippen molar-refractivity contribution in [2.75, 3.05) is 16.8 Å². The fourth-order valence-corrected chi connectivity index (χ4v) is 2.59. The lowest BCUT2D eigenvalue weighted by molar-refractivity contribution is 0.815. The number of nitrogens with one attached hydrogen (secondary N) is 1. The molecule has 0 bridgehead atoms. The summed E-state index contributed by atoms with van der Waals surface area (Å²) < 4.78 is 0. The summed E-state index contributed by atoms with van der Waals surface area (Å²) in [4.78, 5) is 3.31. The first kappa shape index (κ1) is 12.2. The zero-order chi connectivity index (χ0) is 13.1. The van der Waals surface area contributed by atoms with Crippen molar-refractivity contribution >= 4 is 28.6 Å². The molecule has 0 atom stereocenters. The van der Waals surface area contributed by atoms with Gasteiger partial charge in [-0.15, -0.1) is 0 Å². The Morgan fingerprint density at radius 1 is 1.00 bits per heavy atom. The van der Waals surface area contributed by atoms with E-state index in [1.54, 1.807) is 0 Å². The summed E-state index contributed by atoms with van der Waals surface area (Å²) in [5.41, 5.74) is 3.66. The molecule has 3 rings (SSSR count). The van der Waals surface area contributed by atoms with Gasteiger partial charge in [-0.25, -0.2) is 0 Å². The lowest BCUT2D eigenvalue weighted by Crippen LogP contribution is -2.23. The van der Waals surface area contributed by atoms with E-state index in [9.17, 15) is 0 Å². The van der Waals surface area contributed by atoms with Gasteiger partial charge >= 0.3 is 0 Å². The van der Waals surface area contributed by atoms with Crippen molar-refractivity contribution in [1.82, 2.24) is 0 Å². The fourth-order valence-electron chi connectivity index (χ4n) is 2.39. The van der Waals surface area contributed by atoms with Crippen molar-refractivity contribution in [2.24, 2.45) is 0 Å². The molecule has 1 aliphatic rings. The Morgan fingerprint density at radius 3 is 2.58 bits per heavy atom. The van der Waals surface area contributed by atoms with Gasteiger partial charge in [-0.05, 0) is 17.7 Å². The minimum atomic E-state index is 0.900. The third-order valence-corrected chi connectivity index (χ3v) is 3.65. The Morgan fingerprint density at radius 2 is 1.74 bits per heavy atom. The highest BCUT2D eigenvalue weighted by Crippen LogP contribution is 2.29. The lowest BCUT2D eigenvalue weighted by Gasteiger charge is -2.24. The van der Waals surface area contributed by atoms with E-state index in [1.807, 2.05) is 6.07 Å². The summed E-state index contributed by atoms with van der Waals surface area (Å²) in [5.74, 6) is 0. The average molecular weight is 268 g/mol. The van der Waals surface area contributed by atoms with E-state index in [-0.39, 0.29) is 0 Å². The van der Waals surface area contributed by atoms with Gasteiger partial charge in [-0.2, -0.15) is 0 Å². The van der Waals surface area contributed by atoms with Crippen LogP contribution in [0.4, 0.5) is 11.4 Å². The molecule has 2 aromatic carbocycles. The predicted molar refractivity (Wildman–Crippen MR) is 84.8 cm³/mol. The number of hydrogen-bond acceptors (Lipinski definition) is 2. The summed E-state index contributed by atoms with van der Waals surface area (Å²) in [6, 6.07) is 18.9. The van der Waals surface area contributed by atoms with Crippen LogP contribution in [0.3, 0.4) is 0 Å². The number of anilines is 2. The van der Waals surface area contributed by atoms with Gasteiger partial charge in [0.25, 0.3) is 0 Å². The van der Waals surface area contributed by atoms with Crippen LogP contribution in [0.2, 0.25) is 0 Å². The SMILES string of the molecule is S=C1CCN(Cc2ccccc2)c2ccccc2N1. The van der Waals surface area contributed by atoms with E-state index in [0.717, 1.165) is 30.2 Å². The van der Waals surface area contributed by atoms with Gasteiger partial charge in [-0.3, -0.25) is 0 Å². The predicted octanol–water partition coefficient (Wildman–Crippen LogP) is 3.84. The minimum absolute atomic E-state index is 0.900. The van der Waals surface area contributed by atoms with Gasteiger partial charge in [0, 0.05) is 19.5 Å². The Balaban J connectivity index is 1.91. The van der Waals surface area contributed by atoms with Crippen LogP contribution < -0.4 is 10.2 Å².